The molecule has 2 atom stereocenters. The van der Waals surface area contributed by atoms with E-state index in [4.69, 9.17) is 9.47 Å². The second-order valence-electron chi connectivity index (χ2n) is 5.66. The largest absolute Gasteiger partial charge is 0.459 e. The number of hydrogen-bond acceptors (Lipinski definition) is 6. The number of rotatable bonds is 4. The van der Waals surface area contributed by atoms with E-state index in [1.165, 1.54) is 7.11 Å². The van der Waals surface area contributed by atoms with Crippen LogP contribution >= 0.6 is 0 Å². The molecule has 1 fully saturated rings. The van der Waals surface area contributed by atoms with Crippen LogP contribution in [0.25, 0.3) is 0 Å². The third-order valence-corrected chi connectivity index (χ3v) is 3.40. The molecular weight excluding hydrogens is 298 g/mol. The van der Waals surface area contributed by atoms with Crippen molar-refractivity contribution in [3.63, 3.8) is 0 Å². The molecule has 1 aromatic rings. The van der Waals surface area contributed by atoms with Crippen molar-refractivity contribution < 1.29 is 24.2 Å². The fourth-order valence-corrected chi connectivity index (χ4v) is 2.28. The fourth-order valence-electron chi connectivity index (χ4n) is 2.28. The molecule has 0 spiro atoms. The Morgan fingerprint density at radius 2 is 2.17 bits per heavy atom. The van der Waals surface area contributed by atoms with Crippen molar-refractivity contribution in [2.24, 2.45) is 0 Å². The molecule has 0 radical (unpaired) electrons. The zero-order valence-electron chi connectivity index (χ0n) is 13.5. The van der Waals surface area contributed by atoms with Crippen molar-refractivity contribution in [1.29, 1.82) is 0 Å². The average Bonchev–Trinajstić information content (AvgIpc) is 2.88. The molecule has 6 heteroatoms. The monoisotopic (exact) mass is 319 g/mol. The lowest BCUT2D eigenvalue weighted by atomic mass is 10.1. The van der Waals surface area contributed by atoms with Crippen LogP contribution in [0.1, 0.15) is 19.4 Å². The Morgan fingerprint density at radius 1 is 1.48 bits per heavy atom. The van der Waals surface area contributed by atoms with Gasteiger partial charge in [0.1, 0.15) is 12.1 Å². The molecule has 124 valence electrons. The summed E-state index contributed by atoms with van der Waals surface area (Å²) < 4.78 is 15.8. The minimum Gasteiger partial charge on any atom is -0.459 e. The summed E-state index contributed by atoms with van der Waals surface area (Å²) in [6, 6.07) is 8.74. The van der Waals surface area contributed by atoms with Crippen LogP contribution in [-0.4, -0.2) is 47.9 Å². The number of benzene rings is 1. The number of methoxy groups -OCH3 is 1. The van der Waals surface area contributed by atoms with Gasteiger partial charge in [-0.15, -0.1) is 0 Å². The minimum absolute atomic E-state index is 0.252. The van der Waals surface area contributed by atoms with Gasteiger partial charge in [-0.3, -0.25) is 0 Å². The highest BCUT2D eigenvalue weighted by Gasteiger charge is 2.39. The number of esters is 1. The van der Waals surface area contributed by atoms with Gasteiger partial charge in [-0.1, -0.05) is 36.3 Å². The summed E-state index contributed by atoms with van der Waals surface area (Å²) in [7, 11) is 1.25. The van der Waals surface area contributed by atoms with E-state index in [1.807, 2.05) is 30.3 Å². The zero-order chi connectivity index (χ0) is 16.9. The van der Waals surface area contributed by atoms with Gasteiger partial charge in [-0.25, -0.2) is 4.79 Å². The maximum atomic E-state index is 11.3. The molecule has 1 aromatic carbocycles. The predicted molar refractivity (Wildman–Crippen MR) is 82.3 cm³/mol. The average molecular weight is 319 g/mol. The van der Waals surface area contributed by atoms with Crippen LogP contribution in [0.2, 0.25) is 0 Å². The molecule has 6 nitrogen and oxygen atoms in total. The standard InChI is InChI=1S/C17H21NO5/c1-17(2)22-12-15(23-17)14(9-10-16(19)21-3)18(20)11-13-7-5-4-6-8-13/h4-8,14-15,20H,11-12H2,1-3H3/t14-,15-/m1/s1. The first-order valence-corrected chi connectivity index (χ1v) is 7.32. The lowest BCUT2D eigenvalue weighted by molar-refractivity contribution is -0.176. The number of nitrogens with zero attached hydrogens (tertiary/aromatic N) is 1. The number of carbonyl (C=O) groups excluding carboxylic acids is 1. The van der Waals surface area contributed by atoms with Crippen LogP contribution in [0.5, 0.6) is 0 Å². The van der Waals surface area contributed by atoms with Gasteiger partial charge in [-0.05, 0) is 19.4 Å². The summed E-state index contributed by atoms with van der Waals surface area (Å²) >= 11 is 0. The summed E-state index contributed by atoms with van der Waals surface area (Å²) in [4.78, 5) is 11.3. The summed E-state index contributed by atoms with van der Waals surface area (Å²) in [5, 5.41) is 11.5. The summed E-state index contributed by atoms with van der Waals surface area (Å²) in [6.45, 7) is 4.11. The molecule has 23 heavy (non-hydrogen) atoms. The minimum atomic E-state index is -0.747. The predicted octanol–water partition coefficient (Wildman–Crippen LogP) is 1.57. The van der Waals surface area contributed by atoms with E-state index in [-0.39, 0.29) is 13.2 Å². The molecule has 1 saturated heterocycles. The third kappa shape index (κ3) is 5.05. The molecular formula is C17H21NO5. The molecule has 0 aromatic heterocycles. The van der Waals surface area contributed by atoms with Gasteiger partial charge in [0.2, 0.25) is 0 Å². The van der Waals surface area contributed by atoms with E-state index >= 15 is 0 Å². The van der Waals surface area contributed by atoms with Crippen LogP contribution < -0.4 is 0 Å². The number of hydroxylamine groups is 2. The molecule has 0 saturated carbocycles. The van der Waals surface area contributed by atoms with Gasteiger partial charge in [0, 0.05) is 5.92 Å². The molecule has 0 bridgehead atoms. The van der Waals surface area contributed by atoms with Gasteiger partial charge < -0.3 is 19.4 Å². The Balaban J connectivity index is 2.15. The van der Waals surface area contributed by atoms with E-state index in [1.54, 1.807) is 13.8 Å². The Hall–Kier alpha value is -1.91. The third-order valence-electron chi connectivity index (χ3n) is 3.40. The Bertz CT molecular complexity index is 590. The Labute approximate surface area is 135 Å². The molecule has 1 aliphatic rings. The van der Waals surface area contributed by atoms with Gasteiger partial charge in [0.05, 0.1) is 20.3 Å². The first-order chi connectivity index (χ1) is 10.9. The van der Waals surface area contributed by atoms with Crippen molar-refractivity contribution in [3.05, 3.63) is 35.9 Å². The fraction of sp³-hybridized carbons (Fsp3) is 0.471. The van der Waals surface area contributed by atoms with Crippen LogP contribution in [0, 0.1) is 11.8 Å². The highest BCUT2D eigenvalue weighted by atomic mass is 16.7. The molecule has 0 aliphatic carbocycles. The maximum Gasteiger partial charge on any atom is 0.384 e. The van der Waals surface area contributed by atoms with E-state index in [9.17, 15) is 10.0 Å². The van der Waals surface area contributed by atoms with Gasteiger partial charge in [0.25, 0.3) is 0 Å². The van der Waals surface area contributed by atoms with E-state index < -0.39 is 23.9 Å². The van der Waals surface area contributed by atoms with Crippen LogP contribution in [0.15, 0.2) is 30.3 Å². The van der Waals surface area contributed by atoms with Crippen molar-refractivity contribution in [3.8, 4) is 11.8 Å². The Morgan fingerprint density at radius 3 is 2.74 bits per heavy atom. The topological polar surface area (TPSA) is 68.2 Å². The molecule has 1 aliphatic heterocycles. The second-order valence-corrected chi connectivity index (χ2v) is 5.66. The number of ether oxygens (including phenoxy) is 3. The quantitative estimate of drug-likeness (QED) is 0.393. The smallest absolute Gasteiger partial charge is 0.384 e. The molecule has 1 N–H and O–H groups in total. The first kappa shape index (κ1) is 17.4. The molecule has 2 rings (SSSR count). The van der Waals surface area contributed by atoms with Crippen LogP contribution in [0.4, 0.5) is 0 Å². The normalized spacial score (nSPS) is 20.7. The van der Waals surface area contributed by atoms with E-state index in [2.05, 4.69) is 16.6 Å². The second kappa shape index (κ2) is 7.57. The summed E-state index contributed by atoms with van der Waals surface area (Å²) in [5.74, 6) is 3.66. The van der Waals surface area contributed by atoms with Crippen molar-refractivity contribution in [2.75, 3.05) is 13.7 Å². The Kier molecular flexibility index (Phi) is 5.74. The SMILES string of the molecule is COC(=O)C#C[C@H]([C@H]1COC(C)(C)O1)N(O)Cc1ccccc1. The van der Waals surface area contributed by atoms with E-state index in [0.717, 1.165) is 10.6 Å². The highest BCUT2D eigenvalue weighted by Crippen LogP contribution is 2.26. The molecule has 0 amide bonds. The van der Waals surface area contributed by atoms with Crippen molar-refractivity contribution in [1.82, 2.24) is 5.06 Å². The van der Waals surface area contributed by atoms with Gasteiger partial charge in [-0.2, -0.15) is 5.06 Å². The lowest BCUT2D eigenvalue weighted by Gasteiger charge is -2.26. The first-order valence-electron chi connectivity index (χ1n) is 7.32. The molecule has 0 unspecified atom stereocenters. The zero-order valence-corrected chi connectivity index (χ0v) is 13.5. The highest BCUT2D eigenvalue weighted by molar-refractivity contribution is 5.88. The van der Waals surface area contributed by atoms with Crippen molar-refractivity contribution in [2.45, 2.75) is 38.3 Å². The van der Waals surface area contributed by atoms with Gasteiger partial charge in [0.15, 0.2) is 5.79 Å². The van der Waals surface area contributed by atoms with Crippen LogP contribution in [0.3, 0.4) is 0 Å². The molecule has 1 heterocycles. The summed E-state index contributed by atoms with van der Waals surface area (Å²) in [6.07, 6.45) is -0.476. The number of carbonyl (C=O) groups is 1. The maximum absolute atomic E-state index is 11.3. The lowest BCUT2D eigenvalue weighted by Crippen LogP contribution is -2.42. The van der Waals surface area contributed by atoms with Gasteiger partial charge >= 0.3 is 5.97 Å². The van der Waals surface area contributed by atoms with Crippen molar-refractivity contribution >= 4 is 5.97 Å². The summed E-state index contributed by atoms with van der Waals surface area (Å²) in [5.41, 5.74) is 0.915. The van der Waals surface area contributed by atoms with E-state index in [0.29, 0.717) is 0 Å². The number of hydrogen-bond donors (Lipinski definition) is 1. The van der Waals surface area contributed by atoms with Crippen LogP contribution in [-0.2, 0) is 25.5 Å².